The molecule has 1 heterocycles. The zero-order valence-corrected chi connectivity index (χ0v) is 16.8. The van der Waals surface area contributed by atoms with Crippen molar-refractivity contribution in [1.29, 1.82) is 0 Å². The number of aromatic amines is 1. The number of carbonyl (C=O) groups excluding carboxylic acids is 3. The number of Topliss-reactive ketones (excluding diaryl/α,β-unsaturated/α-hetero) is 3. The van der Waals surface area contributed by atoms with Gasteiger partial charge in [-0.3, -0.25) is 14.4 Å². The van der Waals surface area contributed by atoms with Crippen molar-refractivity contribution in [2.75, 3.05) is 0 Å². The second kappa shape index (κ2) is 12.6. The van der Waals surface area contributed by atoms with Crippen LogP contribution in [-0.4, -0.2) is 22.3 Å². The molecule has 0 aliphatic heterocycles. The number of unbranched alkanes of at least 4 members (excludes halogenated alkanes) is 4. The Balaban J connectivity index is 2.59. The van der Waals surface area contributed by atoms with Crippen molar-refractivity contribution in [3.8, 4) is 0 Å². The molecular formula is C22H35NO3. The maximum absolute atomic E-state index is 12.0. The molecule has 0 aromatic carbocycles. The minimum absolute atomic E-state index is 0.0129. The summed E-state index contributed by atoms with van der Waals surface area (Å²) in [7, 11) is 0. The van der Waals surface area contributed by atoms with Crippen molar-refractivity contribution in [1.82, 2.24) is 4.98 Å². The van der Waals surface area contributed by atoms with E-state index in [0.29, 0.717) is 44.2 Å². The number of carbonyl (C=O) groups is 3. The van der Waals surface area contributed by atoms with Crippen LogP contribution in [0.5, 0.6) is 0 Å². The lowest BCUT2D eigenvalue weighted by Gasteiger charge is -2.05. The molecule has 0 aliphatic rings. The summed E-state index contributed by atoms with van der Waals surface area (Å²) < 4.78 is 0. The summed E-state index contributed by atoms with van der Waals surface area (Å²) in [5.74, 6) is 0.547. The van der Waals surface area contributed by atoms with Crippen molar-refractivity contribution >= 4 is 17.3 Å². The minimum Gasteiger partial charge on any atom is -0.356 e. The lowest BCUT2D eigenvalue weighted by Crippen LogP contribution is -2.04. The Bertz CT molecular complexity index is 543. The standard InChI is InChI=1S/C22H35NO3/c1-4-6-8-10-19(25)13-12-18-16-22(17(3)24)23-21(18)15-14-20(26)11-9-7-5-2/h16,23H,4-15H2,1-3H3. The molecule has 0 saturated carbocycles. The van der Waals surface area contributed by atoms with Gasteiger partial charge in [0.1, 0.15) is 11.6 Å². The van der Waals surface area contributed by atoms with Crippen LogP contribution in [0.3, 0.4) is 0 Å². The van der Waals surface area contributed by atoms with Crippen molar-refractivity contribution in [2.24, 2.45) is 0 Å². The normalized spacial score (nSPS) is 10.9. The first-order valence-corrected chi connectivity index (χ1v) is 10.2. The number of nitrogens with one attached hydrogen (secondary N) is 1. The molecule has 0 spiro atoms. The average Bonchev–Trinajstić information content (AvgIpc) is 3.02. The molecule has 4 nitrogen and oxygen atoms in total. The van der Waals surface area contributed by atoms with Crippen LogP contribution in [0.2, 0.25) is 0 Å². The Hall–Kier alpha value is -1.71. The second-order valence-corrected chi connectivity index (χ2v) is 7.23. The first-order chi connectivity index (χ1) is 12.5. The molecule has 146 valence electrons. The van der Waals surface area contributed by atoms with Crippen LogP contribution in [0, 0.1) is 0 Å². The number of aryl methyl sites for hydroxylation is 2. The smallest absolute Gasteiger partial charge is 0.175 e. The highest BCUT2D eigenvalue weighted by molar-refractivity contribution is 5.92. The fourth-order valence-corrected chi connectivity index (χ4v) is 3.11. The predicted octanol–water partition coefficient (Wildman–Crippen LogP) is 5.38. The third-order valence-electron chi connectivity index (χ3n) is 4.82. The molecule has 4 heteroatoms. The zero-order valence-electron chi connectivity index (χ0n) is 16.8. The maximum atomic E-state index is 12.0. The van der Waals surface area contributed by atoms with Gasteiger partial charge in [-0.2, -0.15) is 0 Å². The molecule has 0 amide bonds. The monoisotopic (exact) mass is 361 g/mol. The fraction of sp³-hybridized carbons (Fsp3) is 0.682. The first-order valence-electron chi connectivity index (χ1n) is 10.2. The van der Waals surface area contributed by atoms with Crippen LogP contribution < -0.4 is 0 Å². The van der Waals surface area contributed by atoms with E-state index in [1.165, 1.54) is 6.92 Å². The lowest BCUT2D eigenvalue weighted by atomic mass is 10.0. The van der Waals surface area contributed by atoms with Crippen LogP contribution in [0.1, 0.15) is 107 Å². The van der Waals surface area contributed by atoms with Gasteiger partial charge < -0.3 is 4.98 Å². The van der Waals surface area contributed by atoms with Gasteiger partial charge >= 0.3 is 0 Å². The summed E-state index contributed by atoms with van der Waals surface area (Å²) in [6.07, 6.45) is 9.89. The van der Waals surface area contributed by atoms with E-state index in [0.717, 1.165) is 49.8 Å². The highest BCUT2D eigenvalue weighted by Gasteiger charge is 2.14. The highest BCUT2D eigenvalue weighted by Crippen LogP contribution is 2.18. The van der Waals surface area contributed by atoms with Gasteiger partial charge in [-0.05, 0) is 37.3 Å². The Morgan fingerprint density at radius 3 is 1.85 bits per heavy atom. The van der Waals surface area contributed by atoms with Crippen LogP contribution in [-0.2, 0) is 22.4 Å². The molecule has 0 radical (unpaired) electrons. The SMILES string of the molecule is CCCCCC(=O)CCc1cc(C(C)=O)[nH]c1CCC(=O)CCCCC. The van der Waals surface area contributed by atoms with E-state index in [9.17, 15) is 14.4 Å². The van der Waals surface area contributed by atoms with Crippen molar-refractivity contribution in [3.63, 3.8) is 0 Å². The third-order valence-corrected chi connectivity index (χ3v) is 4.82. The van der Waals surface area contributed by atoms with Crippen molar-refractivity contribution < 1.29 is 14.4 Å². The minimum atomic E-state index is -0.0129. The number of H-pyrrole nitrogens is 1. The van der Waals surface area contributed by atoms with Crippen LogP contribution in [0.4, 0.5) is 0 Å². The summed E-state index contributed by atoms with van der Waals surface area (Å²) in [5.41, 5.74) is 2.53. The highest BCUT2D eigenvalue weighted by atomic mass is 16.1. The number of ketones is 3. The fourth-order valence-electron chi connectivity index (χ4n) is 3.11. The topological polar surface area (TPSA) is 67.0 Å². The van der Waals surface area contributed by atoms with E-state index in [4.69, 9.17) is 0 Å². The largest absolute Gasteiger partial charge is 0.356 e. The van der Waals surface area contributed by atoms with E-state index in [2.05, 4.69) is 18.8 Å². The Kier molecular flexibility index (Phi) is 10.8. The van der Waals surface area contributed by atoms with Gasteiger partial charge in [0.05, 0.1) is 5.69 Å². The van der Waals surface area contributed by atoms with Crippen LogP contribution in [0.25, 0.3) is 0 Å². The summed E-state index contributed by atoms with van der Waals surface area (Å²) in [6.45, 7) is 5.79. The molecule has 0 fully saturated rings. The molecule has 0 bridgehead atoms. The summed E-state index contributed by atoms with van der Waals surface area (Å²) in [5, 5.41) is 0. The molecule has 1 aromatic heterocycles. The van der Waals surface area contributed by atoms with Gasteiger partial charge in [0, 0.05) is 38.3 Å². The van der Waals surface area contributed by atoms with Gasteiger partial charge in [-0.15, -0.1) is 0 Å². The van der Waals surface area contributed by atoms with E-state index in [-0.39, 0.29) is 17.3 Å². The lowest BCUT2D eigenvalue weighted by molar-refractivity contribution is -0.120. The molecular weight excluding hydrogens is 326 g/mol. The van der Waals surface area contributed by atoms with E-state index >= 15 is 0 Å². The first kappa shape index (κ1) is 22.3. The maximum Gasteiger partial charge on any atom is 0.175 e. The average molecular weight is 362 g/mol. The molecule has 26 heavy (non-hydrogen) atoms. The number of aromatic nitrogens is 1. The Morgan fingerprint density at radius 1 is 0.808 bits per heavy atom. The van der Waals surface area contributed by atoms with Crippen LogP contribution >= 0.6 is 0 Å². The third kappa shape index (κ3) is 8.59. The van der Waals surface area contributed by atoms with Gasteiger partial charge in [-0.25, -0.2) is 0 Å². The number of hydrogen-bond acceptors (Lipinski definition) is 3. The van der Waals surface area contributed by atoms with Crippen molar-refractivity contribution in [3.05, 3.63) is 23.0 Å². The summed E-state index contributed by atoms with van der Waals surface area (Å²) in [6, 6.07) is 1.86. The molecule has 0 atom stereocenters. The second-order valence-electron chi connectivity index (χ2n) is 7.23. The quantitative estimate of drug-likeness (QED) is 0.337. The molecule has 0 aliphatic carbocycles. The molecule has 1 aromatic rings. The van der Waals surface area contributed by atoms with Gasteiger partial charge in [0.25, 0.3) is 0 Å². The molecule has 0 saturated heterocycles. The van der Waals surface area contributed by atoms with Gasteiger partial charge in [0.2, 0.25) is 0 Å². The zero-order chi connectivity index (χ0) is 19.4. The number of rotatable bonds is 15. The van der Waals surface area contributed by atoms with Crippen LogP contribution in [0.15, 0.2) is 6.07 Å². The number of hydrogen-bond donors (Lipinski definition) is 1. The Morgan fingerprint density at radius 2 is 1.35 bits per heavy atom. The summed E-state index contributed by atoms with van der Waals surface area (Å²) >= 11 is 0. The predicted molar refractivity (Wildman–Crippen MR) is 106 cm³/mol. The van der Waals surface area contributed by atoms with Gasteiger partial charge in [0.15, 0.2) is 5.78 Å². The Labute approximate surface area is 158 Å². The van der Waals surface area contributed by atoms with E-state index < -0.39 is 0 Å². The molecule has 1 N–H and O–H groups in total. The van der Waals surface area contributed by atoms with Crippen molar-refractivity contribution in [2.45, 2.75) is 97.8 Å². The van der Waals surface area contributed by atoms with E-state index in [1.54, 1.807) is 0 Å². The van der Waals surface area contributed by atoms with E-state index in [1.807, 2.05) is 6.07 Å². The molecule has 1 rings (SSSR count). The summed E-state index contributed by atoms with van der Waals surface area (Å²) in [4.78, 5) is 38.9. The molecule has 0 unspecified atom stereocenters. The van der Waals surface area contributed by atoms with Gasteiger partial charge in [-0.1, -0.05) is 39.5 Å².